The number of nitrogens with zero attached hydrogens (tertiary/aromatic N) is 2. The molecule has 0 radical (unpaired) electrons. The number of guanidine groups is 1. The molecule has 0 bridgehead atoms. The standard InChI is InChI=1S/C18H32N4O3.HI/c1-19-18(20-8-12-24-14-13-23-2)21-15-16(17-7-6-11-25-17)22-9-4-3-5-10-22;/h6-7,11,16H,3-5,8-10,12-15H2,1-2H3,(H2,19,20,21);1H. The molecule has 2 N–H and O–H groups in total. The molecule has 0 saturated carbocycles. The van der Waals surface area contributed by atoms with Gasteiger partial charge in [-0.15, -0.1) is 24.0 Å². The van der Waals surface area contributed by atoms with Gasteiger partial charge in [-0.3, -0.25) is 9.89 Å². The van der Waals surface area contributed by atoms with E-state index in [2.05, 4.69) is 26.6 Å². The van der Waals surface area contributed by atoms with Gasteiger partial charge in [0.05, 0.1) is 32.1 Å². The highest BCUT2D eigenvalue weighted by molar-refractivity contribution is 14.0. The lowest BCUT2D eigenvalue weighted by molar-refractivity contribution is 0.0733. The van der Waals surface area contributed by atoms with Gasteiger partial charge in [0.2, 0.25) is 0 Å². The third-order valence-corrected chi connectivity index (χ3v) is 4.36. The lowest BCUT2D eigenvalue weighted by Gasteiger charge is -2.33. The predicted octanol–water partition coefficient (Wildman–Crippen LogP) is 2.25. The van der Waals surface area contributed by atoms with Gasteiger partial charge in [-0.25, -0.2) is 0 Å². The second-order valence-electron chi connectivity index (χ2n) is 6.11. The summed E-state index contributed by atoms with van der Waals surface area (Å²) in [6.45, 7) is 5.56. The molecule has 1 saturated heterocycles. The Balaban J connectivity index is 0.00000338. The molecule has 0 spiro atoms. The summed E-state index contributed by atoms with van der Waals surface area (Å²) in [4.78, 5) is 6.78. The van der Waals surface area contributed by atoms with E-state index in [1.165, 1.54) is 19.3 Å². The van der Waals surface area contributed by atoms with Crippen LogP contribution in [0.3, 0.4) is 0 Å². The Morgan fingerprint density at radius 3 is 2.69 bits per heavy atom. The first-order valence-electron chi connectivity index (χ1n) is 9.13. The van der Waals surface area contributed by atoms with Crippen LogP contribution in [0.1, 0.15) is 31.1 Å². The summed E-state index contributed by atoms with van der Waals surface area (Å²) < 4.78 is 16.1. The van der Waals surface area contributed by atoms with E-state index in [9.17, 15) is 0 Å². The second kappa shape index (κ2) is 14.2. The number of hydrogen-bond donors (Lipinski definition) is 2. The zero-order valence-electron chi connectivity index (χ0n) is 15.9. The summed E-state index contributed by atoms with van der Waals surface area (Å²) in [5, 5.41) is 6.69. The molecule has 2 heterocycles. The number of halogens is 1. The Hall–Kier alpha value is -0.840. The summed E-state index contributed by atoms with van der Waals surface area (Å²) in [5.74, 6) is 1.79. The molecular weight excluding hydrogens is 447 g/mol. The first kappa shape index (κ1) is 23.2. The Labute approximate surface area is 173 Å². The third kappa shape index (κ3) is 8.24. The van der Waals surface area contributed by atoms with Crippen molar-refractivity contribution in [3.8, 4) is 0 Å². The molecule has 1 aromatic rings. The number of furan rings is 1. The number of ether oxygens (including phenoxy) is 2. The van der Waals surface area contributed by atoms with Crippen LogP contribution in [0.4, 0.5) is 0 Å². The topological polar surface area (TPSA) is 71.3 Å². The Morgan fingerprint density at radius 2 is 2.04 bits per heavy atom. The first-order valence-corrected chi connectivity index (χ1v) is 9.13. The molecule has 26 heavy (non-hydrogen) atoms. The number of piperidine rings is 1. The molecule has 150 valence electrons. The minimum absolute atomic E-state index is 0. The molecule has 0 aromatic carbocycles. The SMILES string of the molecule is CN=C(NCCOCCOC)NCC(c1ccco1)N1CCCCC1.I. The van der Waals surface area contributed by atoms with Crippen LogP contribution < -0.4 is 10.6 Å². The van der Waals surface area contributed by atoms with Crippen molar-refractivity contribution in [1.29, 1.82) is 0 Å². The fourth-order valence-electron chi connectivity index (χ4n) is 3.02. The number of methoxy groups -OCH3 is 1. The van der Waals surface area contributed by atoms with Crippen LogP contribution in [-0.2, 0) is 9.47 Å². The fourth-order valence-corrected chi connectivity index (χ4v) is 3.02. The zero-order valence-corrected chi connectivity index (χ0v) is 18.2. The van der Waals surface area contributed by atoms with E-state index in [1.807, 2.05) is 6.07 Å². The van der Waals surface area contributed by atoms with Crippen molar-refractivity contribution < 1.29 is 13.9 Å². The Morgan fingerprint density at radius 1 is 1.23 bits per heavy atom. The van der Waals surface area contributed by atoms with Gasteiger partial charge in [0, 0.05) is 27.2 Å². The summed E-state index contributed by atoms with van der Waals surface area (Å²) in [6, 6.07) is 4.24. The van der Waals surface area contributed by atoms with Gasteiger partial charge in [-0.05, 0) is 38.1 Å². The highest BCUT2D eigenvalue weighted by Crippen LogP contribution is 2.24. The van der Waals surface area contributed by atoms with Crippen molar-refractivity contribution >= 4 is 29.9 Å². The van der Waals surface area contributed by atoms with Crippen LogP contribution in [0, 0.1) is 0 Å². The van der Waals surface area contributed by atoms with E-state index in [0.29, 0.717) is 26.4 Å². The van der Waals surface area contributed by atoms with Crippen LogP contribution in [0.15, 0.2) is 27.8 Å². The molecule has 1 atom stereocenters. The lowest BCUT2D eigenvalue weighted by atomic mass is 10.1. The molecule has 0 aliphatic carbocycles. The van der Waals surface area contributed by atoms with Crippen molar-refractivity contribution in [2.45, 2.75) is 25.3 Å². The van der Waals surface area contributed by atoms with Crippen molar-refractivity contribution in [1.82, 2.24) is 15.5 Å². The summed E-state index contributed by atoms with van der Waals surface area (Å²) in [7, 11) is 3.45. The molecule has 8 heteroatoms. The van der Waals surface area contributed by atoms with Crippen molar-refractivity contribution in [3.63, 3.8) is 0 Å². The van der Waals surface area contributed by atoms with Crippen LogP contribution in [0.5, 0.6) is 0 Å². The molecule has 1 aliphatic rings. The molecular formula is C18H33IN4O3. The smallest absolute Gasteiger partial charge is 0.191 e. The summed E-state index contributed by atoms with van der Waals surface area (Å²) in [6.07, 6.45) is 5.57. The molecule has 7 nitrogen and oxygen atoms in total. The van der Waals surface area contributed by atoms with Gasteiger partial charge in [-0.2, -0.15) is 0 Å². The highest BCUT2D eigenvalue weighted by atomic mass is 127. The van der Waals surface area contributed by atoms with Gasteiger partial charge in [0.15, 0.2) is 5.96 Å². The summed E-state index contributed by atoms with van der Waals surface area (Å²) >= 11 is 0. The zero-order chi connectivity index (χ0) is 17.7. The minimum atomic E-state index is 0. The van der Waals surface area contributed by atoms with Gasteiger partial charge < -0.3 is 24.5 Å². The molecule has 1 aromatic heterocycles. The Kier molecular flexibility index (Phi) is 12.7. The monoisotopic (exact) mass is 480 g/mol. The third-order valence-electron chi connectivity index (χ3n) is 4.36. The first-order chi connectivity index (χ1) is 12.3. The highest BCUT2D eigenvalue weighted by Gasteiger charge is 2.24. The average molecular weight is 480 g/mol. The molecule has 0 amide bonds. The molecule has 1 fully saturated rings. The molecule has 1 aliphatic heterocycles. The maximum absolute atomic E-state index is 5.68. The number of aliphatic imine (C=N–C) groups is 1. The van der Waals surface area contributed by atoms with Crippen molar-refractivity contribution in [3.05, 3.63) is 24.2 Å². The van der Waals surface area contributed by atoms with Crippen LogP contribution >= 0.6 is 24.0 Å². The van der Waals surface area contributed by atoms with E-state index < -0.39 is 0 Å². The fraction of sp³-hybridized carbons (Fsp3) is 0.722. The Bertz CT molecular complexity index is 479. The van der Waals surface area contributed by atoms with E-state index >= 15 is 0 Å². The van der Waals surface area contributed by atoms with Gasteiger partial charge in [0.25, 0.3) is 0 Å². The van der Waals surface area contributed by atoms with Crippen LogP contribution in [-0.4, -0.2) is 71.0 Å². The molecule has 1 unspecified atom stereocenters. The number of rotatable bonds is 10. The number of likely N-dealkylation sites (tertiary alicyclic amines) is 1. The maximum Gasteiger partial charge on any atom is 0.191 e. The number of nitrogens with one attached hydrogen (secondary N) is 2. The van der Waals surface area contributed by atoms with Gasteiger partial charge in [0.1, 0.15) is 5.76 Å². The average Bonchev–Trinajstić information content (AvgIpc) is 3.18. The second-order valence-corrected chi connectivity index (χ2v) is 6.11. The van der Waals surface area contributed by atoms with E-state index in [-0.39, 0.29) is 30.0 Å². The normalized spacial score (nSPS) is 16.8. The number of hydrogen-bond acceptors (Lipinski definition) is 5. The summed E-state index contributed by atoms with van der Waals surface area (Å²) in [5.41, 5.74) is 0. The van der Waals surface area contributed by atoms with Crippen molar-refractivity contribution in [2.75, 3.05) is 60.2 Å². The van der Waals surface area contributed by atoms with Gasteiger partial charge in [-0.1, -0.05) is 6.42 Å². The predicted molar refractivity (Wildman–Crippen MR) is 114 cm³/mol. The lowest BCUT2D eigenvalue weighted by Crippen LogP contribution is -2.45. The van der Waals surface area contributed by atoms with Crippen LogP contribution in [0.25, 0.3) is 0 Å². The largest absolute Gasteiger partial charge is 0.468 e. The van der Waals surface area contributed by atoms with Crippen molar-refractivity contribution in [2.24, 2.45) is 4.99 Å². The van der Waals surface area contributed by atoms with Gasteiger partial charge >= 0.3 is 0 Å². The van der Waals surface area contributed by atoms with Crippen LogP contribution in [0.2, 0.25) is 0 Å². The maximum atomic E-state index is 5.68. The quantitative estimate of drug-likeness (QED) is 0.232. The molecule has 2 rings (SSSR count). The van der Waals surface area contributed by atoms with E-state index in [4.69, 9.17) is 13.9 Å². The minimum Gasteiger partial charge on any atom is -0.468 e. The van der Waals surface area contributed by atoms with E-state index in [1.54, 1.807) is 20.4 Å². The van der Waals surface area contributed by atoms with E-state index in [0.717, 1.165) is 31.4 Å².